The van der Waals surface area contributed by atoms with Crippen LogP contribution in [-0.4, -0.2) is 28.7 Å². The second-order valence-electron chi connectivity index (χ2n) is 4.94. The highest BCUT2D eigenvalue weighted by Gasteiger charge is 2.27. The van der Waals surface area contributed by atoms with E-state index in [0.717, 1.165) is 38.1 Å². The molecule has 1 aromatic heterocycles. The molecule has 5 nitrogen and oxygen atoms in total. The number of aromatic nitrogens is 2. The van der Waals surface area contributed by atoms with Gasteiger partial charge in [-0.15, -0.1) is 0 Å². The van der Waals surface area contributed by atoms with E-state index in [4.69, 9.17) is 9.47 Å². The molecule has 1 aliphatic carbocycles. The zero-order chi connectivity index (χ0) is 13.7. The van der Waals surface area contributed by atoms with Crippen molar-refractivity contribution in [1.29, 1.82) is 0 Å². The first-order valence-corrected chi connectivity index (χ1v) is 6.94. The fraction of sp³-hybridized carbons (Fsp3) is 0.714. The van der Waals surface area contributed by atoms with E-state index in [9.17, 15) is 4.79 Å². The van der Waals surface area contributed by atoms with Crippen molar-refractivity contribution in [2.75, 3.05) is 7.11 Å². The van der Waals surface area contributed by atoms with Crippen molar-refractivity contribution in [1.82, 2.24) is 9.55 Å². The van der Waals surface area contributed by atoms with E-state index in [-0.39, 0.29) is 18.0 Å². The van der Waals surface area contributed by atoms with Gasteiger partial charge in [-0.25, -0.2) is 4.98 Å². The van der Waals surface area contributed by atoms with Crippen molar-refractivity contribution in [3.8, 4) is 0 Å². The number of esters is 1. The number of hydrogen-bond acceptors (Lipinski definition) is 4. The first kappa shape index (κ1) is 14.1. The minimum Gasteiger partial charge on any atom is -0.469 e. The van der Waals surface area contributed by atoms with Crippen LogP contribution in [0, 0.1) is 5.92 Å². The lowest BCUT2D eigenvalue weighted by atomic mass is 9.87. The largest absolute Gasteiger partial charge is 0.469 e. The van der Waals surface area contributed by atoms with Crippen LogP contribution in [0.2, 0.25) is 0 Å². The summed E-state index contributed by atoms with van der Waals surface area (Å²) in [6.45, 7) is 3.55. The number of nitrogens with zero attached hydrogens (tertiary/aromatic N) is 2. The van der Waals surface area contributed by atoms with Gasteiger partial charge in [0.15, 0.2) is 0 Å². The third kappa shape index (κ3) is 3.56. The Morgan fingerprint density at radius 3 is 2.79 bits per heavy atom. The van der Waals surface area contributed by atoms with Crippen LogP contribution >= 0.6 is 0 Å². The molecular formula is C14H22N2O3. The first-order chi connectivity index (χ1) is 9.24. The zero-order valence-corrected chi connectivity index (χ0v) is 11.7. The SMILES string of the molecule is CCn1ccnc1COC1CCC(C(=O)OC)CC1. The molecule has 0 amide bonds. The Kier molecular flexibility index (Phi) is 4.96. The van der Waals surface area contributed by atoms with Gasteiger partial charge in [0.2, 0.25) is 0 Å². The fourth-order valence-electron chi connectivity index (χ4n) is 2.59. The van der Waals surface area contributed by atoms with Crippen molar-refractivity contribution < 1.29 is 14.3 Å². The van der Waals surface area contributed by atoms with E-state index in [2.05, 4.69) is 16.5 Å². The molecule has 0 bridgehead atoms. The maximum absolute atomic E-state index is 11.4. The molecule has 1 fully saturated rings. The summed E-state index contributed by atoms with van der Waals surface area (Å²) >= 11 is 0. The van der Waals surface area contributed by atoms with Crippen LogP contribution in [0.5, 0.6) is 0 Å². The first-order valence-electron chi connectivity index (χ1n) is 6.94. The minimum absolute atomic E-state index is 0.0579. The smallest absolute Gasteiger partial charge is 0.308 e. The number of carbonyl (C=O) groups is 1. The van der Waals surface area contributed by atoms with E-state index >= 15 is 0 Å². The van der Waals surface area contributed by atoms with Crippen LogP contribution in [0.4, 0.5) is 0 Å². The summed E-state index contributed by atoms with van der Waals surface area (Å²) in [5.74, 6) is 0.944. The fourth-order valence-corrected chi connectivity index (χ4v) is 2.59. The predicted molar refractivity (Wildman–Crippen MR) is 70.5 cm³/mol. The predicted octanol–water partition coefficient (Wildman–Crippen LogP) is 2.15. The van der Waals surface area contributed by atoms with Crippen LogP contribution in [0.25, 0.3) is 0 Å². The molecule has 19 heavy (non-hydrogen) atoms. The van der Waals surface area contributed by atoms with Gasteiger partial charge < -0.3 is 14.0 Å². The molecule has 0 aliphatic heterocycles. The molecule has 106 valence electrons. The Morgan fingerprint density at radius 1 is 1.42 bits per heavy atom. The number of rotatable bonds is 5. The van der Waals surface area contributed by atoms with Crippen LogP contribution in [0.1, 0.15) is 38.4 Å². The summed E-state index contributed by atoms with van der Waals surface area (Å²) in [7, 11) is 1.45. The van der Waals surface area contributed by atoms with Crippen molar-refractivity contribution in [2.24, 2.45) is 5.92 Å². The lowest BCUT2D eigenvalue weighted by Crippen LogP contribution is -2.27. The topological polar surface area (TPSA) is 53.4 Å². The average Bonchev–Trinajstić information content (AvgIpc) is 2.92. The Balaban J connectivity index is 1.75. The second kappa shape index (κ2) is 6.70. The van der Waals surface area contributed by atoms with Gasteiger partial charge in [-0.3, -0.25) is 4.79 Å². The molecule has 5 heteroatoms. The Bertz CT molecular complexity index is 409. The van der Waals surface area contributed by atoms with Crippen LogP contribution in [0.15, 0.2) is 12.4 Å². The van der Waals surface area contributed by atoms with E-state index in [1.54, 1.807) is 6.20 Å². The molecular weight excluding hydrogens is 244 g/mol. The number of aryl methyl sites for hydroxylation is 1. The van der Waals surface area contributed by atoms with Crippen LogP contribution in [-0.2, 0) is 27.4 Å². The Labute approximate surface area is 113 Å². The molecule has 1 heterocycles. The molecule has 2 rings (SSSR count). The van der Waals surface area contributed by atoms with Crippen molar-refractivity contribution in [3.63, 3.8) is 0 Å². The van der Waals surface area contributed by atoms with Gasteiger partial charge >= 0.3 is 5.97 Å². The molecule has 0 unspecified atom stereocenters. The molecule has 1 saturated carbocycles. The Morgan fingerprint density at radius 2 is 2.16 bits per heavy atom. The van der Waals surface area contributed by atoms with Gasteiger partial charge in [0.1, 0.15) is 12.4 Å². The standard InChI is InChI=1S/C14H22N2O3/c1-3-16-9-8-15-13(16)10-19-12-6-4-11(5-7-12)14(17)18-2/h8-9,11-12H,3-7,10H2,1-2H3. The molecule has 0 aromatic carbocycles. The molecule has 1 aromatic rings. The second-order valence-corrected chi connectivity index (χ2v) is 4.94. The van der Waals surface area contributed by atoms with Gasteiger partial charge in [-0.2, -0.15) is 0 Å². The van der Waals surface area contributed by atoms with Gasteiger partial charge in [0.05, 0.1) is 19.1 Å². The minimum atomic E-state index is -0.0834. The normalized spacial score (nSPS) is 23.3. The summed E-state index contributed by atoms with van der Waals surface area (Å²) in [5.41, 5.74) is 0. The summed E-state index contributed by atoms with van der Waals surface area (Å²) in [6, 6.07) is 0. The number of carbonyl (C=O) groups excluding carboxylic acids is 1. The third-order valence-corrected chi connectivity index (χ3v) is 3.80. The quantitative estimate of drug-likeness (QED) is 0.766. The number of methoxy groups -OCH3 is 1. The Hall–Kier alpha value is -1.36. The van der Waals surface area contributed by atoms with E-state index in [0.29, 0.717) is 6.61 Å². The summed E-state index contributed by atoms with van der Waals surface area (Å²) < 4.78 is 12.8. The van der Waals surface area contributed by atoms with Crippen LogP contribution in [0.3, 0.4) is 0 Å². The highest BCUT2D eigenvalue weighted by atomic mass is 16.5. The van der Waals surface area contributed by atoms with Crippen LogP contribution < -0.4 is 0 Å². The van der Waals surface area contributed by atoms with Gasteiger partial charge in [0.25, 0.3) is 0 Å². The monoisotopic (exact) mass is 266 g/mol. The van der Waals surface area contributed by atoms with Gasteiger partial charge in [0, 0.05) is 18.9 Å². The van der Waals surface area contributed by atoms with Crippen molar-refractivity contribution >= 4 is 5.97 Å². The summed E-state index contributed by atoms with van der Waals surface area (Å²) in [6.07, 6.45) is 7.57. The number of ether oxygens (including phenoxy) is 2. The molecule has 1 aliphatic rings. The maximum Gasteiger partial charge on any atom is 0.308 e. The molecule has 0 spiro atoms. The molecule has 0 N–H and O–H groups in total. The highest BCUT2D eigenvalue weighted by molar-refractivity contribution is 5.72. The van der Waals surface area contributed by atoms with Crippen molar-refractivity contribution in [2.45, 2.75) is 51.9 Å². The third-order valence-electron chi connectivity index (χ3n) is 3.80. The molecule has 0 saturated heterocycles. The van der Waals surface area contributed by atoms with E-state index < -0.39 is 0 Å². The number of hydrogen-bond donors (Lipinski definition) is 0. The molecule has 0 radical (unpaired) electrons. The summed E-state index contributed by atoms with van der Waals surface area (Å²) in [4.78, 5) is 15.7. The lowest BCUT2D eigenvalue weighted by Gasteiger charge is -2.26. The highest BCUT2D eigenvalue weighted by Crippen LogP contribution is 2.27. The zero-order valence-electron chi connectivity index (χ0n) is 11.7. The van der Waals surface area contributed by atoms with Gasteiger partial charge in [-0.05, 0) is 32.6 Å². The van der Waals surface area contributed by atoms with Gasteiger partial charge in [-0.1, -0.05) is 0 Å². The van der Waals surface area contributed by atoms with E-state index in [1.807, 2.05) is 6.20 Å². The average molecular weight is 266 g/mol. The van der Waals surface area contributed by atoms with E-state index in [1.165, 1.54) is 7.11 Å². The lowest BCUT2D eigenvalue weighted by molar-refractivity contribution is -0.147. The molecule has 0 atom stereocenters. The number of imidazole rings is 1. The summed E-state index contributed by atoms with van der Waals surface area (Å²) in [5, 5.41) is 0. The maximum atomic E-state index is 11.4. The van der Waals surface area contributed by atoms with Crippen molar-refractivity contribution in [3.05, 3.63) is 18.2 Å².